The Morgan fingerprint density at radius 3 is 2.67 bits per heavy atom. The van der Waals surface area contributed by atoms with Crippen LogP contribution < -0.4 is 11.0 Å². The van der Waals surface area contributed by atoms with Crippen molar-refractivity contribution in [2.75, 3.05) is 11.2 Å². The quantitative estimate of drug-likeness (QED) is 0.585. The molecule has 0 spiro atoms. The van der Waals surface area contributed by atoms with E-state index in [2.05, 4.69) is 34.7 Å². The van der Waals surface area contributed by atoms with E-state index >= 15 is 0 Å². The first-order chi connectivity index (χ1) is 12.9. The van der Waals surface area contributed by atoms with Crippen LogP contribution in [0.5, 0.6) is 0 Å². The van der Waals surface area contributed by atoms with E-state index in [9.17, 15) is 9.59 Å². The molecule has 0 bridgehead atoms. The zero-order valence-electron chi connectivity index (χ0n) is 15.4. The molecule has 1 aromatic carbocycles. The summed E-state index contributed by atoms with van der Waals surface area (Å²) in [6, 6.07) is 8.22. The summed E-state index contributed by atoms with van der Waals surface area (Å²) in [5, 5.41) is 0.612. The molecule has 2 aromatic heterocycles. The summed E-state index contributed by atoms with van der Waals surface area (Å²) in [6.45, 7) is 6.05. The molecule has 142 valence electrons. The Hall–Kier alpha value is -1.90. The van der Waals surface area contributed by atoms with E-state index in [1.807, 2.05) is 20.8 Å². The molecule has 0 atom stereocenters. The number of hydrogen-bond donors (Lipinski definition) is 2. The molecule has 0 unspecified atom stereocenters. The zero-order valence-corrected chi connectivity index (χ0v) is 17.9. The Kier molecular flexibility index (Phi) is 6.18. The molecule has 3 aromatic rings. The molecule has 0 aliphatic heterocycles. The second-order valence-corrected chi connectivity index (χ2v) is 8.88. The number of H-pyrrole nitrogens is 1. The Labute approximate surface area is 170 Å². The number of nitrogens with zero attached hydrogens (tertiary/aromatic N) is 1. The average molecular weight is 420 g/mol. The summed E-state index contributed by atoms with van der Waals surface area (Å²) < 4.78 is 1.35. The summed E-state index contributed by atoms with van der Waals surface area (Å²) in [4.78, 5) is 30.1. The number of hydrogen-bond acceptors (Lipinski definition) is 5. The molecule has 0 fully saturated rings. The fourth-order valence-corrected chi connectivity index (χ4v) is 5.09. The van der Waals surface area contributed by atoms with Crippen LogP contribution in [0.25, 0.3) is 10.2 Å². The third-order valence-corrected chi connectivity index (χ3v) is 6.61. The Bertz CT molecular complexity index is 1090. The van der Waals surface area contributed by atoms with Gasteiger partial charge in [0.05, 0.1) is 11.1 Å². The van der Waals surface area contributed by atoms with Gasteiger partial charge in [-0.3, -0.25) is 15.0 Å². The number of amides is 1. The number of aromatic nitrogens is 2. The van der Waals surface area contributed by atoms with Crippen LogP contribution in [0.4, 0.5) is 0 Å². The van der Waals surface area contributed by atoms with Gasteiger partial charge in [0, 0.05) is 10.6 Å². The van der Waals surface area contributed by atoms with Crippen molar-refractivity contribution < 1.29 is 4.79 Å². The smallest absolute Gasteiger partial charge is 0.282 e. The van der Waals surface area contributed by atoms with E-state index in [1.165, 1.54) is 28.7 Å². The minimum atomic E-state index is -0.271. The first-order valence-electron chi connectivity index (χ1n) is 8.61. The summed E-state index contributed by atoms with van der Waals surface area (Å²) in [6.07, 6.45) is 0.756. The number of carbonyl (C=O) groups excluding carboxylic acids is 1. The van der Waals surface area contributed by atoms with E-state index in [-0.39, 0.29) is 22.0 Å². The van der Waals surface area contributed by atoms with Crippen molar-refractivity contribution in [3.8, 4) is 0 Å². The normalized spacial score (nSPS) is 11.1. The maximum absolute atomic E-state index is 12.9. The van der Waals surface area contributed by atoms with Crippen molar-refractivity contribution in [3.63, 3.8) is 0 Å². The molecule has 0 aliphatic carbocycles. The largest absolute Gasteiger partial charge is 0.322 e. The first kappa shape index (κ1) is 19.9. The third-order valence-electron chi connectivity index (χ3n) is 4.26. The molecular formula is C19H21N3O2S3. The van der Waals surface area contributed by atoms with Crippen LogP contribution in [0.3, 0.4) is 0 Å². The van der Waals surface area contributed by atoms with Crippen molar-refractivity contribution in [2.24, 2.45) is 0 Å². The minimum Gasteiger partial charge on any atom is -0.322 e. The van der Waals surface area contributed by atoms with Gasteiger partial charge < -0.3 is 4.98 Å². The van der Waals surface area contributed by atoms with Crippen LogP contribution in [0, 0.1) is 18.6 Å². The molecule has 1 amide bonds. The van der Waals surface area contributed by atoms with Gasteiger partial charge in [-0.1, -0.05) is 36.8 Å². The third kappa shape index (κ3) is 4.34. The molecule has 2 heterocycles. The molecule has 0 aliphatic rings. The molecule has 3 rings (SSSR count). The number of benzene rings is 1. The SMILES string of the molecule is CCc1c(C)sc2[nH]c(=S)n(NC(=O)CSCc3ccc(C)cc3)c(=O)c12. The highest BCUT2D eigenvalue weighted by molar-refractivity contribution is 7.99. The molecule has 0 saturated heterocycles. The fourth-order valence-electron chi connectivity index (χ4n) is 2.88. The van der Waals surface area contributed by atoms with Crippen molar-refractivity contribution in [2.45, 2.75) is 32.9 Å². The highest BCUT2D eigenvalue weighted by Crippen LogP contribution is 2.27. The molecule has 0 radical (unpaired) electrons. The van der Waals surface area contributed by atoms with Gasteiger partial charge in [-0.2, -0.15) is 4.68 Å². The lowest BCUT2D eigenvalue weighted by Gasteiger charge is -2.09. The van der Waals surface area contributed by atoms with E-state index in [4.69, 9.17) is 12.2 Å². The first-order valence-corrected chi connectivity index (χ1v) is 11.0. The fraction of sp³-hybridized carbons (Fsp3) is 0.316. The van der Waals surface area contributed by atoms with Crippen LogP contribution in [-0.2, 0) is 17.0 Å². The molecule has 5 nitrogen and oxygen atoms in total. The van der Waals surface area contributed by atoms with Gasteiger partial charge >= 0.3 is 0 Å². The number of carbonyl (C=O) groups is 1. The number of rotatable bonds is 6. The monoisotopic (exact) mass is 419 g/mol. The van der Waals surface area contributed by atoms with E-state index in [0.29, 0.717) is 5.39 Å². The van der Waals surface area contributed by atoms with Crippen molar-refractivity contribution >= 4 is 51.4 Å². The van der Waals surface area contributed by atoms with Crippen molar-refractivity contribution in [3.05, 3.63) is 61.0 Å². The second kappa shape index (κ2) is 8.41. The summed E-state index contributed by atoms with van der Waals surface area (Å²) >= 11 is 8.28. The highest BCUT2D eigenvalue weighted by Gasteiger charge is 2.15. The number of aryl methyl sites for hydroxylation is 3. The molecule has 8 heteroatoms. The minimum absolute atomic E-state index is 0.202. The Balaban J connectivity index is 1.73. The highest BCUT2D eigenvalue weighted by atomic mass is 32.2. The van der Waals surface area contributed by atoms with E-state index in [1.54, 1.807) is 0 Å². The second-order valence-electron chi connectivity index (χ2n) is 6.28. The van der Waals surface area contributed by atoms with Gasteiger partial charge in [0.1, 0.15) is 4.83 Å². The lowest BCUT2D eigenvalue weighted by atomic mass is 10.1. The van der Waals surface area contributed by atoms with E-state index < -0.39 is 0 Å². The Morgan fingerprint density at radius 2 is 2.00 bits per heavy atom. The number of aromatic amines is 1. The van der Waals surface area contributed by atoms with Gasteiger partial charge in [-0.25, -0.2) is 0 Å². The van der Waals surface area contributed by atoms with Gasteiger partial charge in [0.15, 0.2) is 0 Å². The number of thiophene rings is 1. The van der Waals surface area contributed by atoms with E-state index in [0.717, 1.165) is 37.7 Å². The predicted octanol–water partition coefficient (Wildman–Crippen LogP) is 4.30. The molecule has 2 N–H and O–H groups in total. The number of nitrogens with one attached hydrogen (secondary N) is 2. The summed E-state index contributed by atoms with van der Waals surface area (Å²) in [7, 11) is 0. The lowest BCUT2D eigenvalue weighted by molar-refractivity contribution is -0.114. The van der Waals surface area contributed by atoms with Crippen LogP contribution in [0.15, 0.2) is 29.1 Å². The predicted molar refractivity (Wildman–Crippen MR) is 117 cm³/mol. The topological polar surface area (TPSA) is 66.9 Å². The van der Waals surface area contributed by atoms with Crippen LogP contribution in [0.1, 0.15) is 28.5 Å². The van der Waals surface area contributed by atoms with Gasteiger partial charge in [0.2, 0.25) is 10.7 Å². The standard InChI is InChI=1S/C19H21N3O2S3/c1-4-14-12(3)27-17-16(14)18(24)22(19(25)20-17)21-15(23)10-26-9-13-7-5-11(2)6-8-13/h5-8H,4,9-10H2,1-3H3,(H,20,25)(H,21,23). The number of fused-ring (bicyclic) bond motifs is 1. The maximum Gasteiger partial charge on any atom is 0.282 e. The van der Waals surface area contributed by atoms with Gasteiger partial charge in [-0.05, 0) is 43.6 Å². The summed E-state index contributed by atoms with van der Waals surface area (Å²) in [5.74, 6) is 0.729. The van der Waals surface area contributed by atoms with Gasteiger partial charge in [-0.15, -0.1) is 23.1 Å². The molecule has 27 heavy (non-hydrogen) atoms. The van der Waals surface area contributed by atoms with Crippen molar-refractivity contribution in [1.82, 2.24) is 9.66 Å². The molecule has 0 saturated carbocycles. The summed E-state index contributed by atoms with van der Waals surface area (Å²) in [5.41, 5.74) is 5.74. The number of thioether (sulfide) groups is 1. The van der Waals surface area contributed by atoms with Gasteiger partial charge in [0.25, 0.3) is 5.56 Å². The van der Waals surface area contributed by atoms with Crippen LogP contribution in [0.2, 0.25) is 0 Å². The average Bonchev–Trinajstić information content (AvgIpc) is 2.95. The zero-order chi connectivity index (χ0) is 19.6. The maximum atomic E-state index is 12.9. The lowest BCUT2D eigenvalue weighted by Crippen LogP contribution is -2.35. The Morgan fingerprint density at radius 1 is 1.30 bits per heavy atom. The molecular weight excluding hydrogens is 398 g/mol. The van der Waals surface area contributed by atoms with Crippen molar-refractivity contribution in [1.29, 1.82) is 0 Å². The van der Waals surface area contributed by atoms with Crippen LogP contribution >= 0.6 is 35.3 Å². The van der Waals surface area contributed by atoms with Crippen LogP contribution in [-0.4, -0.2) is 21.3 Å².